The summed E-state index contributed by atoms with van der Waals surface area (Å²) in [5.41, 5.74) is 2.53. The zero-order valence-electron chi connectivity index (χ0n) is 14.6. The Morgan fingerprint density at radius 3 is 2.88 bits per heavy atom. The van der Waals surface area contributed by atoms with Crippen LogP contribution in [0.5, 0.6) is 0 Å². The van der Waals surface area contributed by atoms with Crippen LogP contribution in [0.1, 0.15) is 25.1 Å². The third kappa shape index (κ3) is 3.83. The molecule has 1 aliphatic heterocycles. The number of hydrogen-bond donors (Lipinski definition) is 1. The Morgan fingerprint density at radius 1 is 1.38 bits per heavy atom. The van der Waals surface area contributed by atoms with E-state index in [-0.39, 0.29) is 11.7 Å². The monoisotopic (exact) mass is 330 g/mol. The summed E-state index contributed by atoms with van der Waals surface area (Å²) in [5.74, 6) is 0. The van der Waals surface area contributed by atoms with E-state index in [1.54, 1.807) is 10.5 Å². The molecule has 3 heterocycles. The molecule has 1 saturated heterocycles. The number of piperazine rings is 1. The Morgan fingerprint density at radius 2 is 2.17 bits per heavy atom. The first-order chi connectivity index (χ1) is 11.4. The topological polar surface area (TPSA) is 61.1 Å². The number of fused-ring (bicyclic) bond motifs is 1. The second kappa shape index (κ2) is 7.01. The van der Waals surface area contributed by atoms with Crippen molar-refractivity contribution in [1.82, 2.24) is 19.2 Å². The minimum atomic E-state index is -0.301. The van der Waals surface area contributed by atoms with Crippen molar-refractivity contribution in [2.75, 3.05) is 26.2 Å². The van der Waals surface area contributed by atoms with Crippen LogP contribution in [0.25, 0.3) is 5.65 Å². The number of hydrogen-bond acceptors (Lipinski definition) is 5. The summed E-state index contributed by atoms with van der Waals surface area (Å²) in [6.07, 6.45) is 1.52. The first-order valence-electron chi connectivity index (χ1n) is 8.56. The van der Waals surface area contributed by atoms with Crippen molar-refractivity contribution in [3.63, 3.8) is 0 Å². The highest BCUT2D eigenvalue weighted by atomic mass is 16.3. The summed E-state index contributed by atoms with van der Waals surface area (Å²) in [4.78, 5) is 21.6. The van der Waals surface area contributed by atoms with Crippen molar-refractivity contribution in [3.05, 3.63) is 46.0 Å². The Kier molecular flexibility index (Phi) is 4.99. The highest BCUT2D eigenvalue weighted by Gasteiger charge is 2.24. The van der Waals surface area contributed by atoms with E-state index in [0.29, 0.717) is 24.8 Å². The highest BCUT2D eigenvalue weighted by Crippen LogP contribution is 2.13. The lowest BCUT2D eigenvalue weighted by Gasteiger charge is -2.40. The summed E-state index contributed by atoms with van der Waals surface area (Å²) in [7, 11) is 0. The molecule has 6 nitrogen and oxygen atoms in total. The van der Waals surface area contributed by atoms with Crippen LogP contribution in [0.2, 0.25) is 0 Å². The van der Waals surface area contributed by atoms with Gasteiger partial charge in [0.05, 0.1) is 11.8 Å². The van der Waals surface area contributed by atoms with Crippen molar-refractivity contribution >= 4 is 5.65 Å². The quantitative estimate of drug-likeness (QED) is 0.902. The van der Waals surface area contributed by atoms with E-state index in [9.17, 15) is 9.90 Å². The van der Waals surface area contributed by atoms with E-state index in [1.165, 1.54) is 0 Å². The predicted molar refractivity (Wildman–Crippen MR) is 94.2 cm³/mol. The van der Waals surface area contributed by atoms with Crippen LogP contribution in [-0.4, -0.2) is 62.6 Å². The number of aliphatic hydroxyl groups is 1. The molecule has 0 amide bonds. The van der Waals surface area contributed by atoms with Crippen LogP contribution in [0.3, 0.4) is 0 Å². The molecule has 0 aliphatic carbocycles. The highest BCUT2D eigenvalue weighted by molar-refractivity contribution is 5.39. The second-order valence-electron chi connectivity index (χ2n) is 6.95. The van der Waals surface area contributed by atoms with Gasteiger partial charge in [-0.2, -0.15) is 0 Å². The molecular weight excluding hydrogens is 304 g/mol. The van der Waals surface area contributed by atoms with Gasteiger partial charge in [0.1, 0.15) is 5.65 Å². The Balaban J connectivity index is 1.72. The van der Waals surface area contributed by atoms with Gasteiger partial charge < -0.3 is 5.11 Å². The number of β-amino-alcohol motifs (C(OH)–C–C–N with tert-alkyl or cyclic N) is 1. The molecule has 3 rings (SSSR count). The largest absolute Gasteiger partial charge is 0.392 e. The number of pyridine rings is 1. The lowest BCUT2D eigenvalue weighted by molar-refractivity contribution is 0.0418. The van der Waals surface area contributed by atoms with E-state index in [0.717, 1.165) is 30.9 Å². The summed E-state index contributed by atoms with van der Waals surface area (Å²) < 4.78 is 1.60. The second-order valence-corrected chi connectivity index (χ2v) is 6.95. The third-order valence-electron chi connectivity index (χ3n) is 4.59. The van der Waals surface area contributed by atoms with Crippen molar-refractivity contribution in [2.45, 2.75) is 39.5 Å². The zero-order chi connectivity index (χ0) is 17.3. The van der Waals surface area contributed by atoms with Gasteiger partial charge in [0.25, 0.3) is 5.56 Å². The van der Waals surface area contributed by atoms with Crippen molar-refractivity contribution in [3.8, 4) is 0 Å². The predicted octanol–water partition coefficient (Wildman–Crippen LogP) is 0.890. The van der Waals surface area contributed by atoms with E-state index in [1.807, 2.05) is 32.2 Å². The number of aromatic nitrogens is 2. The molecule has 130 valence electrons. The molecule has 0 bridgehead atoms. The van der Waals surface area contributed by atoms with Gasteiger partial charge in [0.15, 0.2) is 0 Å². The van der Waals surface area contributed by atoms with Gasteiger partial charge >= 0.3 is 0 Å². The minimum Gasteiger partial charge on any atom is -0.392 e. The van der Waals surface area contributed by atoms with Crippen LogP contribution < -0.4 is 5.56 Å². The molecule has 1 aliphatic rings. The average Bonchev–Trinajstić information content (AvgIpc) is 2.50. The summed E-state index contributed by atoms with van der Waals surface area (Å²) >= 11 is 0. The maximum Gasteiger partial charge on any atom is 0.258 e. The molecular formula is C18H26N4O2. The molecule has 0 aromatic carbocycles. The van der Waals surface area contributed by atoms with Crippen LogP contribution in [0.15, 0.2) is 29.2 Å². The Labute approximate surface area is 142 Å². The standard InChI is InChI=1S/C18H26N4O2/c1-13-4-5-17-19-16(8-18(24)22(17)9-13)12-20-6-7-21(11-15(3)23)14(2)10-20/h4-5,8-9,14-15,23H,6-7,10-12H2,1-3H3/t14-,15+/m1/s1. The molecule has 1 fully saturated rings. The molecule has 0 radical (unpaired) electrons. The molecule has 24 heavy (non-hydrogen) atoms. The lowest BCUT2D eigenvalue weighted by Crippen LogP contribution is -2.53. The van der Waals surface area contributed by atoms with Crippen LogP contribution in [0, 0.1) is 6.92 Å². The van der Waals surface area contributed by atoms with Crippen molar-refractivity contribution < 1.29 is 5.11 Å². The van der Waals surface area contributed by atoms with Gasteiger partial charge in [-0.25, -0.2) is 4.98 Å². The number of aliphatic hydroxyl groups excluding tert-OH is 1. The van der Waals surface area contributed by atoms with Gasteiger partial charge in [-0.05, 0) is 32.4 Å². The normalized spacial score (nSPS) is 21.2. The molecule has 0 spiro atoms. The Bertz CT molecular complexity index is 771. The van der Waals surface area contributed by atoms with Gasteiger partial charge in [0.2, 0.25) is 0 Å². The van der Waals surface area contributed by atoms with Crippen molar-refractivity contribution in [1.29, 1.82) is 0 Å². The van der Waals surface area contributed by atoms with E-state index >= 15 is 0 Å². The number of aryl methyl sites for hydroxylation is 1. The van der Waals surface area contributed by atoms with Crippen LogP contribution in [-0.2, 0) is 6.54 Å². The van der Waals surface area contributed by atoms with Crippen molar-refractivity contribution in [2.24, 2.45) is 0 Å². The van der Waals surface area contributed by atoms with Gasteiger partial charge in [-0.1, -0.05) is 6.07 Å². The number of nitrogens with zero attached hydrogens (tertiary/aromatic N) is 4. The lowest BCUT2D eigenvalue weighted by atomic mass is 10.1. The zero-order valence-corrected chi connectivity index (χ0v) is 14.6. The summed E-state index contributed by atoms with van der Waals surface area (Å²) in [6.45, 7) is 10.1. The molecule has 6 heteroatoms. The Hall–Kier alpha value is -1.76. The maximum absolute atomic E-state index is 12.3. The smallest absolute Gasteiger partial charge is 0.258 e. The van der Waals surface area contributed by atoms with Crippen LogP contribution in [0.4, 0.5) is 0 Å². The fraction of sp³-hybridized carbons (Fsp3) is 0.556. The SMILES string of the molecule is Cc1ccc2nc(CN3CCN(C[C@H](C)O)[C@H](C)C3)cc(=O)n2c1. The fourth-order valence-electron chi connectivity index (χ4n) is 3.39. The molecule has 0 unspecified atom stereocenters. The molecule has 2 aromatic heterocycles. The third-order valence-corrected chi connectivity index (χ3v) is 4.59. The first-order valence-corrected chi connectivity index (χ1v) is 8.56. The first kappa shape index (κ1) is 17.1. The van der Waals surface area contributed by atoms with E-state index in [4.69, 9.17) is 0 Å². The molecule has 0 saturated carbocycles. The average molecular weight is 330 g/mol. The maximum atomic E-state index is 12.3. The van der Waals surface area contributed by atoms with E-state index in [2.05, 4.69) is 21.7 Å². The van der Waals surface area contributed by atoms with Gasteiger partial charge in [0, 0.05) is 51.0 Å². The summed E-state index contributed by atoms with van der Waals surface area (Å²) in [5, 5.41) is 9.57. The molecule has 2 atom stereocenters. The van der Waals surface area contributed by atoms with Gasteiger partial charge in [-0.3, -0.25) is 19.0 Å². The van der Waals surface area contributed by atoms with Gasteiger partial charge in [-0.15, -0.1) is 0 Å². The van der Waals surface area contributed by atoms with Crippen LogP contribution >= 0.6 is 0 Å². The minimum absolute atomic E-state index is 0.0283. The fourth-order valence-corrected chi connectivity index (χ4v) is 3.39. The number of rotatable bonds is 4. The summed E-state index contributed by atoms with van der Waals surface area (Å²) in [6, 6.07) is 5.89. The molecule has 2 aromatic rings. The van der Waals surface area contributed by atoms with E-state index < -0.39 is 0 Å². The molecule has 1 N–H and O–H groups in total.